The van der Waals surface area contributed by atoms with Crippen molar-refractivity contribution in [2.24, 2.45) is 0 Å². The van der Waals surface area contributed by atoms with Crippen LogP contribution >= 0.6 is 0 Å². The van der Waals surface area contributed by atoms with E-state index < -0.39 is 0 Å². The van der Waals surface area contributed by atoms with Crippen LogP contribution in [0.25, 0.3) is 6.08 Å². The van der Waals surface area contributed by atoms with Gasteiger partial charge in [-0.1, -0.05) is 36.4 Å². The number of Topliss-reactive ketones (excluding diaryl/α,β-unsaturated/α-hetero) is 1. The van der Waals surface area contributed by atoms with Crippen molar-refractivity contribution in [2.45, 2.75) is 12.8 Å². The van der Waals surface area contributed by atoms with Gasteiger partial charge in [0.05, 0.1) is 7.11 Å². The molecule has 0 heterocycles. The smallest absolute Gasteiger partial charge is 0.189 e. The van der Waals surface area contributed by atoms with Gasteiger partial charge in [0.15, 0.2) is 5.78 Å². The molecular formula is C18H16O2. The quantitative estimate of drug-likeness (QED) is 0.769. The van der Waals surface area contributed by atoms with Crippen LogP contribution in [0.5, 0.6) is 5.75 Å². The van der Waals surface area contributed by atoms with Gasteiger partial charge >= 0.3 is 0 Å². The maximum absolute atomic E-state index is 12.5. The summed E-state index contributed by atoms with van der Waals surface area (Å²) in [4.78, 5) is 12.5. The van der Waals surface area contributed by atoms with Gasteiger partial charge in [0.25, 0.3) is 0 Å². The Bertz CT molecular complexity index is 666. The largest absolute Gasteiger partial charge is 0.497 e. The third-order valence-corrected chi connectivity index (χ3v) is 3.67. The number of ether oxygens (including phenoxy) is 1. The molecule has 0 atom stereocenters. The SMILES string of the molecule is COc1ccc(/C=C2\CCc3ccccc3C2=O)cc1. The Morgan fingerprint density at radius 2 is 1.75 bits per heavy atom. The number of allylic oxidation sites excluding steroid dienone is 1. The second-order valence-corrected chi connectivity index (χ2v) is 4.93. The highest BCUT2D eigenvalue weighted by Gasteiger charge is 2.20. The maximum atomic E-state index is 12.5. The molecule has 0 saturated heterocycles. The van der Waals surface area contributed by atoms with E-state index in [0.717, 1.165) is 40.9 Å². The van der Waals surface area contributed by atoms with Crippen LogP contribution in [0, 0.1) is 0 Å². The lowest BCUT2D eigenvalue weighted by Crippen LogP contribution is -2.13. The molecule has 0 amide bonds. The van der Waals surface area contributed by atoms with E-state index in [9.17, 15) is 4.79 Å². The first-order valence-electron chi connectivity index (χ1n) is 6.75. The maximum Gasteiger partial charge on any atom is 0.189 e. The number of rotatable bonds is 2. The molecule has 0 saturated carbocycles. The standard InChI is InChI=1S/C18H16O2/c1-20-16-10-6-13(7-11-16)12-15-9-8-14-4-2-3-5-17(14)18(15)19/h2-7,10-12H,8-9H2,1H3/b15-12+. The zero-order chi connectivity index (χ0) is 13.9. The van der Waals surface area contributed by atoms with E-state index in [1.807, 2.05) is 54.6 Å². The first-order chi connectivity index (χ1) is 9.78. The first kappa shape index (κ1) is 12.7. The predicted octanol–water partition coefficient (Wildman–Crippen LogP) is 3.91. The highest BCUT2D eigenvalue weighted by atomic mass is 16.5. The van der Waals surface area contributed by atoms with E-state index in [4.69, 9.17) is 4.74 Å². The molecule has 0 unspecified atom stereocenters. The van der Waals surface area contributed by atoms with Crippen molar-refractivity contribution in [1.82, 2.24) is 0 Å². The topological polar surface area (TPSA) is 26.3 Å². The predicted molar refractivity (Wildman–Crippen MR) is 80.1 cm³/mol. The zero-order valence-corrected chi connectivity index (χ0v) is 11.4. The Kier molecular flexibility index (Phi) is 3.38. The number of carbonyl (C=O) groups excluding carboxylic acids is 1. The molecule has 3 rings (SSSR count). The van der Waals surface area contributed by atoms with Crippen molar-refractivity contribution in [2.75, 3.05) is 7.11 Å². The number of carbonyl (C=O) groups is 1. The summed E-state index contributed by atoms with van der Waals surface area (Å²) in [6, 6.07) is 15.6. The van der Waals surface area contributed by atoms with Crippen LogP contribution < -0.4 is 4.74 Å². The van der Waals surface area contributed by atoms with Gasteiger partial charge in [0.1, 0.15) is 5.75 Å². The molecule has 2 nitrogen and oxygen atoms in total. The molecule has 0 bridgehead atoms. The second kappa shape index (κ2) is 5.33. The number of methoxy groups -OCH3 is 1. The Morgan fingerprint density at radius 1 is 1.00 bits per heavy atom. The average Bonchev–Trinajstić information content (AvgIpc) is 2.51. The molecule has 0 aromatic heterocycles. The van der Waals surface area contributed by atoms with Crippen LogP contribution in [-0.4, -0.2) is 12.9 Å². The fraction of sp³-hybridized carbons (Fsp3) is 0.167. The molecule has 20 heavy (non-hydrogen) atoms. The van der Waals surface area contributed by atoms with Crippen LogP contribution in [0.2, 0.25) is 0 Å². The Hall–Kier alpha value is -2.35. The third kappa shape index (κ3) is 2.37. The summed E-state index contributed by atoms with van der Waals surface area (Å²) in [6.07, 6.45) is 3.73. The molecule has 1 aliphatic carbocycles. The number of hydrogen-bond donors (Lipinski definition) is 0. The minimum Gasteiger partial charge on any atom is -0.497 e. The summed E-state index contributed by atoms with van der Waals surface area (Å²) in [7, 11) is 1.65. The fourth-order valence-corrected chi connectivity index (χ4v) is 2.55. The summed E-state index contributed by atoms with van der Waals surface area (Å²) < 4.78 is 5.14. The van der Waals surface area contributed by atoms with Gasteiger partial charge in [0, 0.05) is 11.1 Å². The van der Waals surface area contributed by atoms with Gasteiger partial charge in [0.2, 0.25) is 0 Å². The summed E-state index contributed by atoms with van der Waals surface area (Å²) >= 11 is 0. The molecule has 100 valence electrons. The van der Waals surface area contributed by atoms with Crippen molar-refractivity contribution < 1.29 is 9.53 Å². The Morgan fingerprint density at radius 3 is 2.50 bits per heavy atom. The van der Waals surface area contributed by atoms with Crippen LogP contribution in [0.3, 0.4) is 0 Å². The zero-order valence-electron chi connectivity index (χ0n) is 11.4. The van der Waals surface area contributed by atoms with Gasteiger partial charge in [-0.25, -0.2) is 0 Å². The average molecular weight is 264 g/mol. The van der Waals surface area contributed by atoms with Gasteiger partial charge in [-0.2, -0.15) is 0 Å². The highest BCUT2D eigenvalue weighted by molar-refractivity contribution is 6.13. The van der Waals surface area contributed by atoms with Crippen LogP contribution in [-0.2, 0) is 6.42 Å². The Labute approximate surface area is 118 Å². The number of fused-ring (bicyclic) bond motifs is 1. The minimum atomic E-state index is 0.155. The summed E-state index contributed by atoms with van der Waals surface area (Å²) in [6.45, 7) is 0. The molecule has 0 spiro atoms. The van der Waals surface area contributed by atoms with Gasteiger partial charge in [-0.15, -0.1) is 0 Å². The van der Waals surface area contributed by atoms with Crippen molar-refractivity contribution in [3.8, 4) is 5.75 Å². The van der Waals surface area contributed by atoms with Gasteiger partial charge in [-0.3, -0.25) is 4.79 Å². The molecule has 1 aliphatic rings. The lowest BCUT2D eigenvalue weighted by Gasteiger charge is -2.17. The summed E-state index contributed by atoms with van der Waals surface area (Å²) in [5.74, 6) is 0.982. The molecule has 0 N–H and O–H groups in total. The van der Waals surface area contributed by atoms with E-state index in [0.29, 0.717) is 0 Å². The van der Waals surface area contributed by atoms with Crippen molar-refractivity contribution >= 4 is 11.9 Å². The third-order valence-electron chi connectivity index (χ3n) is 3.67. The molecule has 2 heteroatoms. The summed E-state index contributed by atoms with van der Waals surface area (Å²) in [5, 5.41) is 0. The highest BCUT2D eigenvalue weighted by Crippen LogP contribution is 2.26. The van der Waals surface area contributed by atoms with Crippen molar-refractivity contribution in [1.29, 1.82) is 0 Å². The first-order valence-corrected chi connectivity index (χ1v) is 6.75. The summed E-state index contributed by atoms with van der Waals surface area (Å²) in [5.41, 5.74) is 3.92. The number of ketones is 1. The Balaban J connectivity index is 1.91. The molecule has 0 radical (unpaired) electrons. The lowest BCUT2D eigenvalue weighted by atomic mass is 9.86. The van der Waals surface area contributed by atoms with Gasteiger partial charge in [-0.05, 0) is 42.2 Å². The minimum absolute atomic E-state index is 0.155. The number of hydrogen-bond acceptors (Lipinski definition) is 2. The number of aryl methyl sites for hydroxylation is 1. The molecule has 2 aromatic rings. The van der Waals surface area contributed by atoms with Crippen LogP contribution in [0.15, 0.2) is 54.1 Å². The van der Waals surface area contributed by atoms with Crippen LogP contribution in [0.4, 0.5) is 0 Å². The number of benzene rings is 2. The fourth-order valence-electron chi connectivity index (χ4n) is 2.55. The van der Waals surface area contributed by atoms with E-state index in [1.165, 1.54) is 0 Å². The van der Waals surface area contributed by atoms with Gasteiger partial charge < -0.3 is 4.74 Å². The monoisotopic (exact) mass is 264 g/mol. The van der Waals surface area contributed by atoms with E-state index in [2.05, 4.69) is 0 Å². The lowest BCUT2D eigenvalue weighted by molar-refractivity contribution is 0.102. The second-order valence-electron chi connectivity index (χ2n) is 4.93. The normalized spacial score (nSPS) is 16.1. The molecule has 0 aliphatic heterocycles. The van der Waals surface area contributed by atoms with Crippen LogP contribution in [0.1, 0.15) is 27.9 Å². The van der Waals surface area contributed by atoms with E-state index in [1.54, 1.807) is 7.11 Å². The van der Waals surface area contributed by atoms with E-state index >= 15 is 0 Å². The molecular weight excluding hydrogens is 248 g/mol. The van der Waals surface area contributed by atoms with Crippen molar-refractivity contribution in [3.63, 3.8) is 0 Å². The van der Waals surface area contributed by atoms with Crippen molar-refractivity contribution in [3.05, 3.63) is 70.8 Å². The molecule has 2 aromatic carbocycles. The molecule has 0 fully saturated rings. The van der Waals surface area contributed by atoms with E-state index in [-0.39, 0.29) is 5.78 Å².